The Kier molecular flexibility index (Phi) is 5.20. The Hall–Kier alpha value is -2.57. The van der Waals surface area contributed by atoms with Crippen molar-refractivity contribution in [2.45, 2.75) is 19.9 Å². The fraction of sp³-hybridized carbons (Fsp3) is 0.438. The number of carboxylic acid groups (broad SMARTS) is 2. The summed E-state index contributed by atoms with van der Waals surface area (Å²) in [6.07, 6.45) is 0.579. The third-order valence-electron chi connectivity index (χ3n) is 3.94. The summed E-state index contributed by atoms with van der Waals surface area (Å²) in [4.78, 5) is 35.6. The zero-order valence-corrected chi connectivity index (χ0v) is 12.9. The average Bonchev–Trinajstić information content (AvgIpc) is 2.52. The smallest absolute Gasteiger partial charge is 0.335 e. The van der Waals surface area contributed by atoms with Crippen LogP contribution in [0.15, 0.2) is 24.3 Å². The van der Waals surface area contributed by atoms with Gasteiger partial charge in [0.25, 0.3) is 0 Å². The molecule has 1 aliphatic heterocycles. The maximum Gasteiger partial charge on any atom is 0.335 e. The number of carboxylic acids is 2. The van der Waals surface area contributed by atoms with Gasteiger partial charge in [0.1, 0.15) is 0 Å². The molecule has 1 aromatic rings. The lowest BCUT2D eigenvalue weighted by molar-refractivity contribution is -0.143. The maximum absolute atomic E-state index is 12.2. The largest absolute Gasteiger partial charge is 0.481 e. The predicted octanol–water partition coefficient (Wildman–Crippen LogP) is 1.64. The first-order valence-electron chi connectivity index (χ1n) is 7.44. The van der Waals surface area contributed by atoms with Gasteiger partial charge in [-0.3, -0.25) is 4.79 Å². The minimum absolute atomic E-state index is 0.144. The van der Waals surface area contributed by atoms with Crippen molar-refractivity contribution in [3.8, 4) is 0 Å². The van der Waals surface area contributed by atoms with E-state index in [9.17, 15) is 14.4 Å². The minimum Gasteiger partial charge on any atom is -0.481 e. The zero-order valence-electron chi connectivity index (χ0n) is 12.9. The van der Waals surface area contributed by atoms with E-state index in [4.69, 9.17) is 10.2 Å². The Morgan fingerprint density at radius 2 is 1.83 bits per heavy atom. The van der Waals surface area contributed by atoms with Crippen molar-refractivity contribution in [3.63, 3.8) is 0 Å². The van der Waals surface area contributed by atoms with Crippen LogP contribution < -0.4 is 5.32 Å². The first kappa shape index (κ1) is 16.8. The van der Waals surface area contributed by atoms with Crippen LogP contribution >= 0.6 is 0 Å². The van der Waals surface area contributed by atoms with E-state index in [1.54, 1.807) is 12.1 Å². The summed E-state index contributed by atoms with van der Waals surface area (Å²) >= 11 is 0. The van der Waals surface area contributed by atoms with E-state index in [1.165, 1.54) is 17.0 Å². The van der Waals surface area contributed by atoms with Crippen molar-refractivity contribution in [1.82, 2.24) is 10.2 Å². The molecule has 0 bridgehead atoms. The molecule has 2 atom stereocenters. The Morgan fingerprint density at radius 3 is 2.39 bits per heavy atom. The van der Waals surface area contributed by atoms with E-state index in [-0.39, 0.29) is 30.6 Å². The highest BCUT2D eigenvalue weighted by atomic mass is 16.4. The lowest BCUT2D eigenvalue weighted by atomic mass is 9.91. The van der Waals surface area contributed by atoms with Gasteiger partial charge in [0.15, 0.2) is 0 Å². The third kappa shape index (κ3) is 4.45. The van der Waals surface area contributed by atoms with Gasteiger partial charge < -0.3 is 20.4 Å². The fourth-order valence-corrected chi connectivity index (χ4v) is 2.75. The molecule has 2 rings (SSSR count). The summed E-state index contributed by atoms with van der Waals surface area (Å²) in [7, 11) is 0. The molecule has 3 N–H and O–H groups in total. The van der Waals surface area contributed by atoms with Gasteiger partial charge in [0.05, 0.1) is 11.5 Å². The van der Waals surface area contributed by atoms with Crippen LogP contribution in [0.2, 0.25) is 0 Å². The molecule has 1 aromatic carbocycles. The number of rotatable bonds is 4. The topological polar surface area (TPSA) is 107 Å². The van der Waals surface area contributed by atoms with Crippen LogP contribution in [0.3, 0.4) is 0 Å². The van der Waals surface area contributed by atoms with Gasteiger partial charge in [-0.25, -0.2) is 9.59 Å². The first-order valence-corrected chi connectivity index (χ1v) is 7.44. The minimum atomic E-state index is -0.998. The number of urea groups is 1. The molecule has 1 aliphatic rings. The molecule has 23 heavy (non-hydrogen) atoms. The molecule has 2 unspecified atom stereocenters. The highest BCUT2D eigenvalue weighted by Crippen LogP contribution is 2.21. The summed E-state index contributed by atoms with van der Waals surface area (Å²) in [6.45, 7) is 2.94. The van der Waals surface area contributed by atoms with Crippen molar-refractivity contribution in [2.75, 3.05) is 13.1 Å². The number of carbonyl (C=O) groups is 3. The van der Waals surface area contributed by atoms with E-state index >= 15 is 0 Å². The summed E-state index contributed by atoms with van der Waals surface area (Å²) in [5, 5.41) is 20.7. The van der Waals surface area contributed by atoms with Gasteiger partial charge in [-0.05, 0) is 30.0 Å². The number of carbonyl (C=O) groups excluding carboxylic acids is 1. The maximum atomic E-state index is 12.2. The number of amides is 2. The zero-order chi connectivity index (χ0) is 17.0. The standard InChI is InChI=1S/C16H20N2O5/c1-10-6-13(15(21)22)9-18(8-10)16(23)17-7-11-2-4-12(5-3-11)14(19)20/h2-5,10,13H,6-9H2,1H3,(H,17,23)(H,19,20)(H,21,22). The molecule has 2 amide bonds. The third-order valence-corrected chi connectivity index (χ3v) is 3.94. The second-order valence-electron chi connectivity index (χ2n) is 5.94. The molecular weight excluding hydrogens is 300 g/mol. The van der Waals surface area contributed by atoms with Gasteiger partial charge in [0.2, 0.25) is 0 Å². The molecule has 0 aliphatic carbocycles. The molecule has 0 radical (unpaired) electrons. The number of nitrogens with zero attached hydrogens (tertiary/aromatic N) is 1. The summed E-state index contributed by atoms with van der Waals surface area (Å²) in [5.74, 6) is -2.26. The molecule has 1 saturated heterocycles. The van der Waals surface area contributed by atoms with Gasteiger partial charge in [-0.15, -0.1) is 0 Å². The molecule has 0 saturated carbocycles. The van der Waals surface area contributed by atoms with Gasteiger partial charge >= 0.3 is 18.0 Å². The molecule has 1 heterocycles. The SMILES string of the molecule is CC1CC(C(=O)O)CN(C(=O)NCc2ccc(C(=O)O)cc2)C1. The van der Waals surface area contributed by atoms with E-state index in [2.05, 4.69) is 5.32 Å². The number of nitrogens with one attached hydrogen (secondary N) is 1. The second-order valence-corrected chi connectivity index (χ2v) is 5.94. The summed E-state index contributed by atoms with van der Waals surface area (Å²) in [6, 6.07) is 5.94. The van der Waals surface area contributed by atoms with Crippen LogP contribution in [-0.2, 0) is 11.3 Å². The second kappa shape index (κ2) is 7.13. The van der Waals surface area contributed by atoms with Crippen LogP contribution in [-0.4, -0.2) is 46.2 Å². The Morgan fingerprint density at radius 1 is 1.17 bits per heavy atom. The lowest BCUT2D eigenvalue weighted by Gasteiger charge is -2.34. The van der Waals surface area contributed by atoms with Crippen LogP contribution in [0.5, 0.6) is 0 Å². The van der Waals surface area contributed by atoms with Crippen molar-refractivity contribution < 1.29 is 24.6 Å². The summed E-state index contributed by atoms with van der Waals surface area (Å²) < 4.78 is 0. The van der Waals surface area contributed by atoms with Crippen LogP contribution in [0.25, 0.3) is 0 Å². The molecular formula is C16H20N2O5. The number of hydrogen-bond acceptors (Lipinski definition) is 3. The molecule has 1 fully saturated rings. The van der Waals surface area contributed by atoms with Gasteiger partial charge in [0, 0.05) is 19.6 Å². The lowest BCUT2D eigenvalue weighted by Crippen LogP contribution is -2.49. The van der Waals surface area contributed by atoms with E-state index in [1.807, 2.05) is 6.92 Å². The van der Waals surface area contributed by atoms with Crippen molar-refractivity contribution in [2.24, 2.45) is 11.8 Å². The quantitative estimate of drug-likeness (QED) is 0.782. The number of likely N-dealkylation sites (tertiary alicyclic amines) is 1. The molecule has 7 nitrogen and oxygen atoms in total. The molecule has 124 valence electrons. The number of hydrogen-bond donors (Lipinski definition) is 3. The van der Waals surface area contributed by atoms with E-state index in [0.29, 0.717) is 13.0 Å². The number of aliphatic carboxylic acids is 1. The number of benzene rings is 1. The Bertz CT molecular complexity index is 599. The van der Waals surface area contributed by atoms with Crippen LogP contribution in [0.4, 0.5) is 4.79 Å². The first-order chi connectivity index (χ1) is 10.9. The van der Waals surface area contributed by atoms with Crippen molar-refractivity contribution >= 4 is 18.0 Å². The summed E-state index contributed by atoms with van der Waals surface area (Å²) in [5.41, 5.74) is 0.970. The van der Waals surface area contributed by atoms with Crippen molar-refractivity contribution in [1.29, 1.82) is 0 Å². The Labute approximate surface area is 133 Å². The highest BCUT2D eigenvalue weighted by molar-refractivity contribution is 5.87. The fourth-order valence-electron chi connectivity index (χ4n) is 2.75. The van der Waals surface area contributed by atoms with E-state index < -0.39 is 17.9 Å². The van der Waals surface area contributed by atoms with Gasteiger partial charge in [-0.2, -0.15) is 0 Å². The number of aromatic carboxylic acids is 1. The molecule has 0 spiro atoms. The number of piperidine rings is 1. The normalized spacial score (nSPS) is 20.8. The average molecular weight is 320 g/mol. The Balaban J connectivity index is 1.91. The highest BCUT2D eigenvalue weighted by Gasteiger charge is 2.31. The predicted molar refractivity (Wildman–Crippen MR) is 82.1 cm³/mol. The molecule has 0 aromatic heterocycles. The monoisotopic (exact) mass is 320 g/mol. The van der Waals surface area contributed by atoms with Crippen molar-refractivity contribution in [3.05, 3.63) is 35.4 Å². The van der Waals surface area contributed by atoms with Crippen LogP contribution in [0.1, 0.15) is 29.3 Å². The van der Waals surface area contributed by atoms with Crippen LogP contribution in [0, 0.1) is 11.8 Å². The van der Waals surface area contributed by atoms with E-state index in [0.717, 1.165) is 5.56 Å². The van der Waals surface area contributed by atoms with Gasteiger partial charge in [-0.1, -0.05) is 19.1 Å². The molecule has 7 heteroatoms.